The lowest BCUT2D eigenvalue weighted by atomic mass is 9.49. The first kappa shape index (κ1) is 14.2. The number of aromatic nitrogens is 3. The zero-order valence-electron chi connectivity index (χ0n) is 14.5. The van der Waals surface area contributed by atoms with Gasteiger partial charge >= 0.3 is 0 Å². The van der Waals surface area contributed by atoms with E-state index in [4.69, 9.17) is 10.1 Å². The van der Waals surface area contributed by atoms with Crippen molar-refractivity contribution in [3.05, 3.63) is 23.3 Å². The van der Waals surface area contributed by atoms with Crippen LogP contribution in [0.15, 0.2) is 11.6 Å². The largest absolute Gasteiger partial charge is 0.297 e. The molecule has 0 spiro atoms. The van der Waals surface area contributed by atoms with Gasteiger partial charge in [-0.05, 0) is 42.9 Å². The Hall–Kier alpha value is -1.16. The number of nitrogens with zero attached hydrogens (tertiary/aromatic N) is 4. The van der Waals surface area contributed by atoms with Crippen molar-refractivity contribution in [3.63, 3.8) is 0 Å². The summed E-state index contributed by atoms with van der Waals surface area (Å²) in [6.07, 6.45) is 8.94. The second kappa shape index (κ2) is 4.92. The first-order chi connectivity index (χ1) is 11.1. The Balaban J connectivity index is 1.25. The molecular formula is C19H28N4. The molecule has 4 aliphatic carbocycles. The summed E-state index contributed by atoms with van der Waals surface area (Å²) in [7, 11) is 0. The van der Waals surface area contributed by atoms with E-state index in [2.05, 4.69) is 29.5 Å². The number of allylic oxidation sites excluding steroid dienone is 1. The zero-order valence-corrected chi connectivity index (χ0v) is 14.5. The molecule has 0 amide bonds. The van der Waals surface area contributed by atoms with E-state index in [1.165, 1.54) is 38.1 Å². The molecule has 0 unspecified atom stereocenters. The minimum atomic E-state index is 0.545. The van der Waals surface area contributed by atoms with Crippen LogP contribution in [0.25, 0.3) is 0 Å². The average Bonchev–Trinajstić information content (AvgIpc) is 3.33. The Morgan fingerprint density at radius 2 is 2.09 bits per heavy atom. The third kappa shape index (κ3) is 2.29. The zero-order chi connectivity index (χ0) is 15.6. The number of hydrogen-bond donors (Lipinski definition) is 0. The molecule has 1 aromatic heterocycles. The molecule has 0 N–H and O–H groups in total. The van der Waals surface area contributed by atoms with E-state index >= 15 is 0 Å². The minimum absolute atomic E-state index is 0.545. The van der Waals surface area contributed by atoms with Crippen LogP contribution in [-0.4, -0.2) is 39.3 Å². The highest BCUT2D eigenvalue weighted by Gasteiger charge is 2.51. The molecule has 2 heterocycles. The fourth-order valence-electron chi connectivity index (χ4n) is 4.95. The van der Waals surface area contributed by atoms with Gasteiger partial charge in [0.1, 0.15) is 5.82 Å². The van der Waals surface area contributed by atoms with Crippen molar-refractivity contribution in [1.82, 2.24) is 19.7 Å². The van der Waals surface area contributed by atoms with Crippen LogP contribution in [0.4, 0.5) is 0 Å². The van der Waals surface area contributed by atoms with E-state index in [-0.39, 0.29) is 0 Å². The third-order valence-corrected chi connectivity index (χ3v) is 6.98. The van der Waals surface area contributed by atoms with Crippen molar-refractivity contribution in [2.75, 3.05) is 19.6 Å². The fraction of sp³-hybridized carbons (Fsp3) is 0.789. The predicted molar refractivity (Wildman–Crippen MR) is 90.2 cm³/mol. The molecule has 4 nitrogen and oxygen atoms in total. The maximum Gasteiger partial charge on any atom is 0.154 e. The summed E-state index contributed by atoms with van der Waals surface area (Å²) in [5.74, 6) is 4.78. The van der Waals surface area contributed by atoms with Crippen LogP contribution in [0.5, 0.6) is 0 Å². The van der Waals surface area contributed by atoms with Crippen LogP contribution in [0, 0.1) is 17.3 Å². The van der Waals surface area contributed by atoms with Crippen LogP contribution in [-0.2, 0) is 13.0 Å². The lowest BCUT2D eigenvalue weighted by molar-refractivity contribution is -0.0106. The lowest BCUT2D eigenvalue weighted by Gasteiger charge is -2.57. The molecule has 2 saturated carbocycles. The van der Waals surface area contributed by atoms with Gasteiger partial charge < -0.3 is 0 Å². The van der Waals surface area contributed by atoms with E-state index < -0.39 is 0 Å². The Kier molecular flexibility index (Phi) is 3.04. The third-order valence-electron chi connectivity index (χ3n) is 6.98. The van der Waals surface area contributed by atoms with Crippen LogP contribution in [0.2, 0.25) is 0 Å². The van der Waals surface area contributed by atoms with Crippen LogP contribution < -0.4 is 0 Å². The van der Waals surface area contributed by atoms with E-state index in [0.717, 1.165) is 43.7 Å². The summed E-state index contributed by atoms with van der Waals surface area (Å²) in [4.78, 5) is 7.44. The topological polar surface area (TPSA) is 34.0 Å². The Morgan fingerprint density at radius 3 is 2.83 bits per heavy atom. The summed E-state index contributed by atoms with van der Waals surface area (Å²) in [6, 6.07) is 0. The van der Waals surface area contributed by atoms with Gasteiger partial charge in [-0.1, -0.05) is 25.5 Å². The summed E-state index contributed by atoms with van der Waals surface area (Å²) in [5.41, 5.74) is 2.26. The van der Waals surface area contributed by atoms with Crippen molar-refractivity contribution in [3.8, 4) is 0 Å². The number of rotatable bonds is 3. The van der Waals surface area contributed by atoms with E-state index in [9.17, 15) is 0 Å². The Labute approximate surface area is 139 Å². The van der Waals surface area contributed by atoms with Gasteiger partial charge in [0.15, 0.2) is 5.82 Å². The standard InChI is InChI=1S/C19H28N4/c1-19(2)15-6-5-14(16(19)11-15)12-22-8-7-17-20-18(13-3-4-13)21-23(17)10-9-22/h5,13,15-16H,3-4,6-12H2,1-2H3/t15-,16-/m0/s1. The summed E-state index contributed by atoms with van der Waals surface area (Å²) >= 11 is 0. The summed E-state index contributed by atoms with van der Waals surface area (Å²) in [6.45, 7) is 9.38. The van der Waals surface area contributed by atoms with E-state index in [0.29, 0.717) is 11.3 Å². The average molecular weight is 312 g/mol. The van der Waals surface area contributed by atoms with Crippen LogP contribution in [0.1, 0.15) is 57.1 Å². The molecule has 23 heavy (non-hydrogen) atoms. The van der Waals surface area contributed by atoms with Gasteiger partial charge in [0.25, 0.3) is 0 Å². The van der Waals surface area contributed by atoms with Crippen LogP contribution in [0.3, 0.4) is 0 Å². The highest BCUT2D eigenvalue weighted by molar-refractivity contribution is 5.24. The van der Waals surface area contributed by atoms with Gasteiger partial charge in [-0.25, -0.2) is 9.67 Å². The highest BCUT2D eigenvalue weighted by atomic mass is 15.4. The Bertz CT molecular complexity index is 627. The lowest BCUT2D eigenvalue weighted by Crippen LogP contribution is -2.50. The van der Waals surface area contributed by atoms with Crippen LogP contribution >= 0.6 is 0 Å². The summed E-state index contributed by atoms with van der Waals surface area (Å²) < 4.78 is 2.19. The fourth-order valence-corrected chi connectivity index (χ4v) is 4.95. The SMILES string of the molecule is CC1(C)[C@H]2CC=C(CN3CCc4nc(C5CC5)nn4CC3)[C@@H]1C2. The first-order valence-corrected chi connectivity index (χ1v) is 9.46. The molecule has 0 radical (unpaired) electrons. The molecule has 124 valence electrons. The molecule has 5 aliphatic rings. The monoisotopic (exact) mass is 312 g/mol. The van der Waals surface area contributed by atoms with E-state index in [1.807, 2.05) is 0 Å². The summed E-state index contributed by atoms with van der Waals surface area (Å²) in [5, 5.41) is 4.76. The van der Waals surface area contributed by atoms with Gasteiger partial charge in [0, 0.05) is 32.0 Å². The van der Waals surface area contributed by atoms with Crippen molar-refractivity contribution >= 4 is 0 Å². The van der Waals surface area contributed by atoms with Gasteiger partial charge in [-0.2, -0.15) is 5.10 Å². The van der Waals surface area contributed by atoms with Gasteiger partial charge in [0.05, 0.1) is 6.54 Å². The van der Waals surface area contributed by atoms with Crippen molar-refractivity contribution in [2.24, 2.45) is 17.3 Å². The number of fused-ring (bicyclic) bond motifs is 2. The minimum Gasteiger partial charge on any atom is -0.297 e. The second-order valence-electron chi connectivity index (χ2n) is 8.73. The molecule has 2 bridgehead atoms. The molecule has 1 aromatic rings. The second-order valence-corrected chi connectivity index (χ2v) is 8.73. The predicted octanol–water partition coefficient (Wildman–Crippen LogP) is 3.01. The maximum absolute atomic E-state index is 4.81. The van der Waals surface area contributed by atoms with E-state index in [1.54, 1.807) is 5.57 Å². The molecule has 0 aromatic carbocycles. The molecule has 0 saturated heterocycles. The molecule has 2 fully saturated rings. The van der Waals surface area contributed by atoms with Crippen molar-refractivity contribution < 1.29 is 0 Å². The molecule has 4 heteroatoms. The molecule has 6 rings (SSSR count). The molecular weight excluding hydrogens is 284 g/mol. The van der Waals surface area contributed by atoms with Crippen molar-refractivity contribution in [2.45, 2.75) is 58.4 Å². The maximum atomic E-state index is 4.81. The highest BCUT2D eigenvalue weighted by Crippen LogP contribution is 2.59. The smallest absolute Gasteiger partial charge is 0.154 e. The quantitative estimate of drug-likeness (QED) is 0.805. The normalized spacial score (nSPS) is 32.7. The van der Waals surface area contributed by atoms with Crippen molar-refractivity contribution in [1.29, 1.82) is 0 Å². The molecule has 2 atom stereocenters. The number of hydrogen-bond acceptors (Lipinski definition) is 3. The van der Waals surface area contributed by atoms with Gasteiger partial charge in [0.2, 0.25) is 0 Å². The van der Waals surface area contributed by atoms with Gasteiger partial charge in [-0.3, -0.25) is 4.90 Å². The first-order valence-electron chi connectivity index (χ1n) is 9.46. The molecule has 1 aliphatic heterocycles. The van der Waals surface area contributed by atoms with Gasteiger partial charge in [-0.15, -0.1) is 0 Å². The Morgan fingerprint density at radius 1 is 1.22 bits per heavy atom.